The van der Waals surface area contributed by atoms with Gasteiger partial charge in [-0.15, -0.1) is 0 Å². The van der Waals surface area contributed by atoms with Gasteiger partial charge in [-0.2, -0.15) is 0 Å². The summed E-state index contributed by atoms with van der Waals surface area (Å²) >= 11 is 1.46. The molecule has 0 atom stereocenters. The largest absolute Gasteiger partial charge is 0.497 e. The molecule has 0 fully saturated rings. The van der Waals surface area contributed by atoms with Gasteiger partial charge < -0.3 is 15.0 Å². The van der Waals surface area contributed by atoms with Gasteiger partial charge in [0.2, 0.25) is 0 Å². The molecule has 102 valence electrons. The summed E-state index contributed by atoms with van der Waals surface area (Å²) in [6.45, 7) is 0. The fourth-order valence-corrected chi connectivity index (χ4v) is 2.55. The van der Waals surface area contributed by atoms with Crippen molar-refractivity contribution in [3.63, 3.8) is 0 Å². The summed E-state index contributed by atoms with van der Waals surface area (Å²) in [5, 5.41) is 4.60. The molecule has 2 aromatic heterocycles. The number of H-pyrrole nitrogens is 1. The highest BCUT2D eigenvalue weighted by Gasteiger charge is 2.07. The molecule has 0 unspecified atom stereocenters. The van der Waals surface area contributed by atoms with Crippen LogP contribution in [0.2, 0.25) is 0 Å². The summed E-state index contributed by atoms with van der Waals surface area (Å²) in [5.41, 5.74) is 1.84. The number of hydrogen-bond acceptors (Lipinski definition) is 6. The summed E-state index contributed by atoms with van der Waals surface area (Å²) in [6, 6.07) is 7.61. The number of nitrogens with one attached hydrogen (secondary N) is 2. The van der Waals surface area contributed by atoms with Crippen molar-refractivity contribution in [3.05, 3.63) is 30.6 Å². The molecule has 2 N–H and O–H groups in total. The number of rotatable bonds is 4. The summed E-state index contributed by atoms with van der Waals surface area (Å²) in [7, 11) is 3.47. The standard InChI is InChI=1S/C13H13N5OS/c1-14-11-6-12(16-7-15-11)20-13-17-9-4-3-8(19-2)5-10(9)18-13/h3-7H,1-2H3,(H,17,18)(H,14,15,16). The first-order valence-corrected chi connectivity index (χ1v) is 6.81. The summed E-state index contributed by atoms with van der Waals surface area (Å²) in [4.78, 5) is 16.1. The Labute approximate surface area is 120 Å². The van der Waals surface area contributed by atoms with Crippen molar-refractivity contribution in [2.75, 3.05) is 19.5 Å². The minimum absolute atomic E-state index is 0.778. The van der Waals surface area contributed by atoms with Crippen LogP contribution in [0.1, 0.15) is 0 Å². The molecule has 0 aliphatic carbocycles. The Morgan fingerprint density at radius 2 is 2.15 bits per heavy atom. The third-order valence-corrected chi connectivity index (χ3v) is 3.59. The molecule has 0 saturated carbocycles. The van der Waals surface area contributed by atoms with Gasteiger partial charge in [-0.3, -0.25) is 0 Å². The molecule has 1 aromatic carbocycles. The molecule has 6 nitrogen and oxygen atoms in total. The topological polar surface area (TPSA) is 75.7 Å². The lowest BCUT2D eigenvalue weighted by Crippen LogP contribution is -1.93. The highest BCUT2D eigenvalue weighted by molar-refractivity contribution is 7.99. The Hall–Kier alpha value is -2.28. The zero-order chi connectivity index (χ0) is 13.9. The molecule has 0 amide bonds. The molecule has 0 aliphatic rings. The number of imidazole rings is 1. The van der Waals surface area contributed by atoms with Gasteiger partial charge in [-0.05, 0) is 23.9 Å². The maximum atomic E-state index is 5.20. The number of ether oxygens (including phenoxy) is 1. The smallest absolute Gasteiger partial charge is 0.172 e. The van der Waals surface area contributed by atoms with Crippen LogP contribution in [0, 0.1) is 0 Å². The summed E-state index contributed by atoms with van der Waals surface area (Å²) in [5.74, 6) is 1.58. The lowest BCUT2D eigenvalue weighted by atomic mass is 10.3. The molecule has 0 radical (unpaired) electrons. The predicted molar refractivity (Wildman–Crippen MR) is 78.3 cm³/mol. The van der Waals surface area contributed by atoms with Crippen molar-refractivity contribution in [2.24, 2.45) is 0 Å². The molecule has 3 rings (SSSR count). The van der Waals surface area contributed by atoms with Gasteiger partial charge in [0, 0.05) is 19.2 Å². The van der Waals surface area contributed by atoms with E-state index in [2.05, 4.69) is 25.3 Å². The maximum absolute atomic E-state index is 5.20. The zero-order valence-electron chi connectivity index (χ0n) is 11.0. The van der Waals surface area contributed by atoms with Gasteiger partial charge in [0.05, 0.1) is 18.1 Å². The van der Waals surface area contributed by atoms with Crippen LogP contribution in [-0.2, 0) is 0 Å². The number of nitrogens with zero attached hydrogens (tertiary/aromatic N) is 3. The average Bonchev–Trinajstić information content (AvgIpc) is 2.88. The van der Waals surface area contributed by atoms with Gasteiger partial charge in [0.1, 0.15) is 22.9 Å². The van der Waals surface area contributed by atoms with Crippen LogP contribution in [0.15, 0.2) is 40.8 Å². The van der Waals surface area contributed by atoms with E-state index in [0.717, 1.165) is 32.8 Å². The Morgan fingerprint density at radius 3 is 2.95 bits per heavy atom. The summed E-state index contributed by atoms with van der Waals surface area (Å²) in [6.07, 6.45) is 1.53. The first kappa shape index (κ1) is 12.7. The Morgan fingerprint density at radius 1 is 1.25 bits per heavy atom. The maximum Gasteiger partial charge on any atom is 0.172 e. The number of hydrogen-bond donors (Lipinski definition) is 2. The third kappa shape index (κ3) is 2.53. The number of anilines is 1. The molecule has 20 heavy (non-hydrogen) atoms. The molecule has 3 aromatic rings. The molecule has 0 bridgehead atoms. The fourth-order valence-electron chi connectivity index (χ4n) is 1.77. The van der Waals surface area contributed by atoms with E-state index in [0.29, 0.717) is 0 Å². The first-order valence-electron chi connectivity index (χ1n) is 6.00. The molecule has 0 spiro atoms. The lowest BCUT2D eigenvalue weighted by Gasteiger charge is -2.00. The SMILES string of the molecule is CNc1cc(Sc2nc3ccc(OC)cc3[nH]2)ncn1. The van der Waals surface area contributed by atoms with E-state index < -0.39 is 0 Å². The lowest BCUT2D eigenvalue weighted by molar-refractivity contribution is 0.415. The van der Waals surface area contributed by atoms with Crippen LogP contribution >= 0.6 is 11.8 Å². The Kier molecular flexibility index (Phi) is 3.42. The number of methoxy groups -OCH3 is 1. The van der Waals surface area contributed by atoms with E-state index in [1.54, 1.807) is 7.11 Å². The molecule has 0 aliphatic heterocycles. The molecular formula is C13H13N5OS. The van der Waals surface area contributed by atoms with Crippen LogP contribution < -0.4 is 10.1 Å². The normalized spacial score (nSPS) is 10.7. The quantitative estimate of drug-likeness (QED) is 0.718. The number of aromatic nitrogens is 4. The minimum atomic E-state index is 0.778. The fraction of sp³-hybridized carbons (Fsp3) is 0.154. The van der Waals surface area contributed by atoms with Crippen LogP contribution in [0.3, 0.4) is 0 Å². The van der Waals surface area contributed by atoms with Crippen molar-refractivity contribution < 1.29 is 4.74 Å². The van der Waals surface area contributed by atoms with Crippen LogP contribution in [0.5, 0.6) is 5.75 Å². The second kappa shape index (κ2) is 5.38. The zero-order valence-corrected chi connectivity index (χ0v) is 11.9. The average molecular weight is 287 g/mol. The van der Waals surface area contributed by atoms with Crippen molar-refractivity contribution in [3.8, 4) is 5.75 Å². The van der Waals surface area contributed by atoms with Gasteiger partial charge in [0.25, 0.3) is 0 Å². The third-order valence-electron chi connectivity index (χ3n) is 2.77. The van der Waals surface area contributed by atoms with Crippen molar-refractivity contribution in [2.45, 2.75) is 10.2 Å². The van der Waals surface area contributed by atoms with E-state index in [4.69, 9.17) is 4.74 Å². The number of benzene rings is 1. The van der Waals surface area contributed by atoms with E-state index in [1.807, 2.05) is 31.3 Å². The minimum Gasteiger partial charge on any atom is -0.497 e. The second-order valence-electron chi connectivity index (χ2n) is 4.02. The van der Waals surface area contributed by atoms with Crippen LogP contribution in [-0.4, -0.2) is 34.1 Å². The number of fused-ring (bicyclic) bond motifs is 1. The second-order valence-corrected chi connectivity index (χ2v) is 5.03. The molecule has 0 saturated heterocycles. The van der Waals surface area contributed by atoms with E-state index >= 15 is 0 Å². The van der Waals surface area contributed by atoms with Crippen molar-refractivity contribution in [1.29, 1.82) is 0 Å². The van der Waals surface area contributed by atoms with Gasteiger partial charge in [-0.1, -0.05) is 0 Å². The monoisotopic (exact) mass is 287 g/mol. The predicted octanol–water partition coefficient (Wildman–Crippen LogP) is 2.55. The van der Waals surface area contributed by atoms with Crippen molar-refractivity contribution >= 4 is 28.6 Å². The number of aromatic amines is 1. The van der Waals surface area contributed by atoms with Gasteiger partial charge in [0.15, 0.2) is 5.16 Å². The highest BCUT2D eigenvalue weighted by atomic mass is 32.2. The van der Waals surface area contributed by atoms with E-state index in [9.17, 15) is 0 Å². The van der Waals surface area contributed by atoms with Crippen LogP contribution in [0.4, 0.5) is 5.82 Å². The molecule has 2 heterocycles. The van der Waals surface area contributed by atoms with Crippen molar-refractivity contribution in [1.82, 2.24) is 19.9 Å². The molecular weight excluding hydrogens is 274 g/mol. The highest BCUT2D eigenvalue weighted by Crippen LogP contribution is 2.27. The molecule has 7 heteroatoms. The first-order chi connectivity index (χ1) is 9.78. The van der Waals surface area contributed by atoms with Gasteiger partial charge >= 0.3 is 0 Å². The van der Waals surface area contributed by atoms with E-state index in [1.165, 1.54) is 18.1 Å². The van der Waals surface area contributed by atoms with Crippen LogP contribution in [0.25, 0.3) is 11.0 Å². The Bertz CT molecular complexity index is 742. The van der Waals surface area contributed by atoms with Gasteiger partial charge in [-0.25, -0.2) is 15.0 Å². The Balaban J connectivity index is 1.90. The van der Waals surface area contributed by atoms with E-state index in [-0.39, 0.29) is 0 Å². The summed E-state index contributed by atoms with van der Waals surface area (Å²) < 4.78 is 5.20.